The molecule has 1 aliphatic heterocycles. The van der Waals surface area contributed by atoms with Crippen LogP contribution >= 0.6 is 0 Å². The molecule has 1 aromatic carbocycles. The molecule has 0 aliphatic carbocycles. The Morgan fingerprint density at radius 3 is 2.29 bits per heavy atom. The number of hydrogen-bond acceptors (Lipinski definition) is 2. The summed E-state index contributed by atoms with van der Waals surface area (Å²) in [6, 6.07) is 3.87. The van der Waals surface area contributed by atoms with E-state index in [-0.39, 0.29) is 17.9 Å². The number of benzene rings is 1. The largest absolute Gasteiger partial charge is 0.357 e. The number of amides is 1. The van der Waals surface area contributed by atoms with Crippen LogP contribution in [0.4, 0.5) is 8.78 Å². The van der Waals surface area contributed by atoms with E-state index in [2.05, 4.69) is 15.2 Å². The number of halogens is 2. The van der Waals surface area contributed by atoms with Crippen LogP contribution in [0.25, 0.3) is 0 Å². The Balaban J connectivity index is 1.97. The van der Waals surface area contributed by atoms with Gasteiger partial charge in [-0.1, -0.05) is 6.07 Å². The lowest BCUT2D eigenvalue weighted by molar-refractivity contribution is -0.130. The molecule has 0 spiro atoms. The van der Waals surface area contributed by atoms with Crippen molar-refractivity contribution in [2.24, 2.45) is 4.99 Å². The minimum atomic E-state index is -0.537. The lowest BCUT2D eigenvalue weighted by Gasteiger charge is -2.36. The van der Waals surface area contributed by atoms with Crippen LogP contribution in [-0.4, -0.2) is 60.9 Å². The average molecular weight is 338 g/mol. The van der Waals surface area contributed by atoms with E-state index in [0.717, 1.165) is 5.96 Å². The molecule has 0 unspecified atom stereocenters. The van der Waals surface area contributed by atoms with Crippen LogP contribution in [0.3, 0.4) is 0 Å². The van der Waals surface area contributed by atoms with Crippen LogP contribution in [-0.2, 0) is 11.2 Å². The van der Waals surface area contributed by atoms with Crippen molar-refractivity contribution >= 4 is 11.9 Å². The molecule has 132 valence electrons. The monoisotopic (exact) mass is 338 g/mol. The summed E-state index contributed by atoms with van der Waals surface area (Å²) in [4.78, 5) is 19.7. The number of nitrogens with zero attached hydrogens (tertiary/aromatic N) is 3. The lowest BCUT2D eigenvalue weighted by atomic mass is 10.1. The molecule has 1 aliphatic rings. The third-order valence-corrected chi connectivity index (χ3v) is 4.04. The average Bonchev–Trinajstić information content (AvgIpc) is 2.56. The molecule has 1 fully saturated rings. The van der Waals surface area contributed by atoms with Crippen molar-refractivity contribution in [2.75, 3.05) is 39.3 Å². The van der Waals surface area contributed by atoms with Gasteiger partial charge >= 0.3 is 0 Å². The molecule has 1 saturated heterocycles. The Morgan fingerprint density at radius 2 is 1.75 bits per heavy atom. The van der Waals surface area contributed by atoms with E-state index < -0.39 is 11.6 Å². The molecule has 1 N–H and O–H groups in total. The summed E-state index contributed by atoms with van der Waals surface area (Å²) in [6.45, 7) is 7.24. The summed E-state index contributed by atoms with van der Waals surface area (Å²) in [5.41, 5.74) is 0.0681. The molecule has 0 bridgehead atoms. The van der Waals surface area contributed by atoms with Gasteiger partial charge in [0.25, 0.3) is 0 Å². The maximum atomic E-state index is 13.6. The topological polar surface area (TPSA) is 47.9 Å². The smallest absolute Gasteiger partial charge is 0.219 e. The summed E-state index contributed by atoms with van der Waals surface area (Å²) < 4.78 is 27.3. The Labute approximate surface area is 141 Å². The molecular formula is C17H24F2N4O. The van der Waals surface area contributed by atoms with E-state index in [4.69, 9.17) is 0 Å². The Kier molecular flexibility index (Phi) is 6.52. The summed E-state index contributed by atoms with van der Waals surface area (Å²) in [6.07, 6.45) is 0.209. The quantitative estimate of drug-likeness (QED) is 0.671. The van der Waals surface area contributed by atoms with Gasteiger partial charge < -0.3 is 15.1 Å². The lowest BCUT2D eigenvalue weighted by Crippen LogP contribution is -2.53. The van der Waals surface area contributed by atoms with E-state index >= 15 is 0 Å². The highest BCUT2D eigenvalue weighted by molar-refractivity contribution is 5.80. The van der Waals surface area contributed by atoms with Gasteiger partial charge in [-0.05, 0) is 25.5 Å². The summed E-state index contributed by atoms with van der Waals surface area (Å²) in [7, 11) is 0. The molecule has 0 saturated carbocycles. The van der Waals surface area contributed by atoms with Gasteiger partial charge in [0.1, 0.15) is 11.6 Å². The van der Waals surface area contributed by atoms with Crippen molar-refractivity contribution in [3.05, 3.63) is 35.4 Å². The van der Waals surface area contributed by atoms with E-state index in [1.807, 2.05) is 6.92 Å². The number of rotatable bonds is 4. The zero-order valence-electron chi connectivity index (χ0n) is 14.2. The van der Waals surface area contributed by atoms with E-state index in [0.29, 0.717) is 39.3 Å². The number of carbonyl (C=O) groups is 1. The third kappa shape index (κ3) is 4.66. The zero-order valence-corrected chi connectivity index (χ0v) is 14.2. The van der Waals surface area contributed by atoms with Gasteiger partial charge in [0.15, 0.2) is 5.96 Å². The number of hydrogen-bond donors (Lipinski definition) is 1. The van der Waals surface area contributed by atoms with Crippen LogP contribution in [0.2, 0.25) is 0 Å². The Morgan fingerprint density at radius 1 is 1.17 bits per heavy atom. The van der Waals surface area contributed by atoms with Crippen molar-refractivity contribution in [3.63, 3.8) is 0 Å². The number of piperazine rings is 1. The molecule has 2 rings (SSSR count). The molecule has 0 radical (unpaired) electrons. The maximum absolute atomic E-state index is 13.6. The SMILES string of the molecule is CCNC(=NCCc1c(F)cccc1F)N1CCN(C(C)=O)CC1. The number of guanidine groups is 1. The van der Waals surface area contributed by atoms with Crippen LogP contribution in [0.15, 0.2) is 23.2 Å². The molecule has 1 aromatic rings. The second kappa shape index (κ2) is 8.61. The third-order valence-electron chi connectivity index (χ3n) is 4.04. The van der Waals surface area contributed by atoms with Gasteiger partial charge in [-0.25, -0.2) is 8.78 Å². The van der Waals surface area contributed by atoms with E-state index in [9.17, 15) is 13.6 Å². The summed E-state index contributed by atoms with van der Waals surface area (Å²) >= 11 is 0. The molecule has 24 heavy (non-hydrogen) atoms. The fourth-order valence-electron chi connectivity index (χ4n) is 2.70. The van der Waals surface area contributed by atoms with Crippen LogP contribution in [0.5, 0.6) is 0 Å². The van der Waals surface area contributed by atoms with Crippen LogP contribution in [0.1, 0.15) is 19.4 Å². The highest BCUT2D eigenvalue weighted by Crippen LogP contribution is 2.12. The first-order chi connectivity index (χ1) is 11.5. The number of carbonyl (C=O) groups excluding carboxylic acids is 1. The molecule has 1 heterocycles. The standard InChI is InChI=1S/C17H24F2N4O/c1-3-20-17(23-11-9-22(10-12-23)13(2)24)21-8-7-14-15(18)5-4-6-16(14)19/h4-6H,3,7-12H2,1-2H3,(H,20,21). The fraction of sp³-hybridized carbons (Fsp3) is 0.529. The first kappa shape index (κ1) is 18.2. The van der Waals surface area contributed by atoms with Gasteiger partial charge in [-0.15, -0.1) is 0 Å². The highest BCUT2D eigenvalue weighted by Gasteiger charge is 2.20. The number of nitrogens with one attached hydrogen (secondary N) is 1. The fourth-order valence-corrected chi connectivity index (χ4v) is 2.70. The first-order valence-corrected chi connectivity index (χ1v) is 8.24. The predicted octanol–water partition coefficient (Wildman–Crippen LogP) is 1.64. The van der Waals surface area contributed by atoms with Gasteiger partial charge in [0, 0.05) is 51.8 Å². The van der Waals surface area contributed by atoms with E-state index in [1.165, 1.54) is 18.2 Å². The molecule has 7 heteroatoms. The number of aliphatic imine (C=N–C) groups is 1. The highest BCUT2D eigenvalue weighted by atomic mass is 19.1. The van der Waals surface area contributed by atoms with Crippen LogP contribution in [0, 0.1) is 11.6 Å². The summed E-state index contributed by atoms with van der Waals surface area (Å²) in [5, 5.41) is 3.20. The van der Waals surface area contributed by atoms with Gasteiger partial charge in [-0.2, -0.15) is 0 Å². The zero-order chi connectivity index (χ0) is 17.5. The molecular weight excluding hydrogens is 314 g/mol. The van der Waals surface area contributed by atoms with Crippen molar-refractivity contribution in [2.45, 2.75) is 20.3 Å². The van der Waals surface area contributed by atoms with Gasteiger partial charge in [0.05, 0.1) is 0 Å². The van der Waals surface area contributed by atoms with Gasteiger partial charge in [0.2, 0.25) is 5.91 Å². The molecule has 0 aromatic heterocycles. The van der Waals surface area contributed by atoms with E-state index in [1.54, 1.807) is 11.8 Å². The minimum absolute atomic E-state index is 0.0681. The normalized spacial score (nSPS) is 15.6. The maximum Gasteiger partial charge on any atom is 0.219 e. The Bertz CT molecular complexity index is 578. The minimum Gasteiger partial charge on any atom is -0.357 e. The molecule has 0 atom stereocenters. The molecule has 1 amide bonds. The second-order valence-electron chi connectivity index (χ2n) is 5.68. The van der Waals surface area contributed by atoms with Crippen molar-refractivity contribution in [3.8, 4) is 0 Å². The van der Waals surface area contributed by atoms with Crippen molar-refractivity contribution in [1.29, 1.82) is 0 Å². The second-order valence-corrected chi connectivity index (χ2v) is 5.68. The van der Waals surface area contributed by atoms with Crippen molar-refractivity contribution < 1.29 is 13.6 Å². The predicted molar refractivity (Wildman–Crippen MR) is 89.9 cm³/mol. The Hall–Kier alpha value is -2.18. The molecule has 5 nitrogen and oxygen atoms in total. The first-order valence-electron chi connectivity index (χ1n) is 8.24. The van der Waals surface area contributed by atoms with Crippen LogP contribution < -0.4 is 5.32 Å². The van der Waals surface area contributed by atoms with Gasteiger partial charge in [-0.3, -0.25) is 9.79 Å². The van der Waals surface area contributed by atoms with Crippen molar-refractivity contribution in [1.82, 2.24) is 15.1 Å². The summed E-state index contributed by atoms with van der Waals surface area (Å²) in [5.74, 6) is -0.278.